The van der Waals surface area contributed by atoms with E-state index in [2.05, 4.69) is 129 Å². The summed E-state index contributed by atoms with van der Waals surface area (Å²) in [6.45, 7) is 2.64. The standard InChI is InChI=1S/C59H97NO13/c1-3-5-7-9-11-13-14-15-16-17-18-19-20-21-22-23-24-25-26-27-28-29-30-31-32-33-34-35-37-39-41-43-51(64)60-47(48(63)42-40-38-36-12-10-8-6-4-2)46-70-58-56(69)54(67)57(50(45-62)72-58)73-59-55(68)53(66)52(65)49(44-61)71-59/h5,7,11,13,15-16,18-19,21-22,24-25,27-28,30-31,33-34,47-50,52-59,61-63,65-69H,3-4,6,8-10,12,14,17,20,23,26,29,32,35-46H2,1-2H3,(H,60,64)/b7-5-,13-11-,16-15-,19-18-,22-21-,25-24-,28-27-,31-30-,34-33-. The van der Waals surface area contributed by atoms with Gasteiger partial charge in [-0.05, 0) is 83.5 Å². The maximum atomic E-state index is 13.2. The third kappa shape index (κ3) is 30.1. The molecule has 0 radical (unpaired) electrons. The smallest absolute Gasteiger partial charge is 0.220 e. The molecule has 416 valence electrons. The van der Waals surface area contributed by atoms with Gasteiger partial charge in [-0.1, -0.05) is 181 Å². The molecule has 12 atom stereocenters. The highest BCUT2D eigenvalue weighted by molar-refractivity contribution is 5.76. The first-order valence-corrected chi connectivity index (χ1v) is 27.6. The third-order valence-corrected chi connectivity index (χ3v) is 12.8. The number of aliphatic hydroxyl groups is 8. The summed E-state index contributed by atoms with van der Waals surface area (Å²) in [5, 5.41) is 86.7. The average molecular weight is 1030 g/mol. The molecule has 0 aromatic rings. The number of unbranched alkanes of at least 4 members (excludes halogenated alkanes) is 10. The molecule has 73 heavy (non-hydrogen) atoms. The van der Waals surface area contributed by atoms with E-state index in [9.17, 15) is 45.6 Å². The number of aliphatic hydroxyl groups excluding tert-OH is 8. The topological polar surface area (TPSA) is 228 Å². The van der Waals surface area contributed by atoms with Crippen molar-refractivity contribution >= 4 is 5.91 Å². The number of carbonyl (C=O) groups is 1. The van der Waals surface area contributed by atoms with Gasteiger partial charge in [-0.15, -0.1) is 0 Å². The molecule has 14 heteroatoms. The van der Waals surface area contributed by atoms with Crippen molar-refractivity contribution in [2.75, 3.05) is 19.8 Å². The van der Waals surface area contributed by atoms with Crippen LogP contribution >= 0.6 is 0 Å². The molecule has 0 aliphatic carbocycles. The van der Waals surface area contributed by atoms with Gasteiger partial charge in [-0.3, -0.25) is 4.79 Å². The molecule has 0 aromatic carbocycles. The minimum atomic E-state index is -1.79. The maximum absolute atomic E-state index is 13.2. The highest BCUT2D eigenvalue weighted by Gasteiger charge is 2.51. The molecule has 0 saturated carbocycles. The van der Waals surface area contributed by atoms with Gasteiger partial charge >= 0.3 is 0 Å². The summed E-state index contributed by atoms with van der Waals surface area (Å²) >= 11 is 0. The second-order valence-electron chi connectivity index (χ2n) is 19.0. The number of amides is 1. The first-order chi connectivity index (χ1) is 35.6. The molecule has 2 rings (SSSR count). The Bertz CT molecular complexity index is 1640. The van der Waals surface area contributed by atoms with Gasteiger partial charge in [0.1, 0.15) is 48.8 Å². The zero-order valence-electron chi connectivity index (χ0n) is 44.3. The summed E-state index contributed by atoms with van der Waals surface area (Å²) in [5.41, 5.74) is 0. The van der Waals surface area contributed by atoms with Crippen molar-refractivity contribution in [3.05, 3.63) is 109 Å². The number of nitrogens with one attached hydrogen (secondary N) is 1. The number of hydrogen-bond donors (Lipinski definition) is 9. The molecule has 2 aliphatic rings. The lowest BCUT2D eigenvalue weighted by molar-refractivity contribution is -0.359. The predicted octanol–water partition coefficient (Wildman–Crippen LogP) is 8.49. The van der Waals surface area contributed by atoms with Crippen LogP contribution in [0, 0.1) is 0 Å². The van der Waals surface area contributed by atoms with E-state index in [0.29, 0.717) is 12.8 Å². The van der Waals surface area contributed by atoms with E-state index in [4.69, 9.17) is 18.9 Å². The molecule has 0 spiro atoms. The van der Waals surface area contributed by atoms with Gasteiger partial charge in [-0.25, -0.2) is 0 Å². The number of rotatable bonds is 41. The monoisotopic (exact) mass is 1030 g/mol. The summed E-state index contributed by atoms with van der Waals surface area (Å²) in [6, 6.07) is -0.852. The van der Waals surface area contributed by atoms with Crippen LogP contribution in [-0.4, -0.2) is 140 Å². The van der Waals surface area contributed by atoms with Crippen LogP contribution in [0.5, 0.6) is 0 Å². The van der Waals surface area contributed by atoms with E-state index in [1.54, 1.807) is 0 Å². The Morgan fingerprint density at radius 2 is 0.945 bits per heavy atom. The van der Waals surface area contributed by atoms with Crippen molar-refractivity contribution in [2.45, 2.75) is 235 Å². The van der Waals surface area contributed by atoms with Crippen LogP contribution < -0.4 is 5.32 Å². The van der Waals surface area contributed by atoms with Gasteiger partial charge in [0, 0.05) is 6.42 Å². The second-order valence-corrected chi connectivity index (χ2v) is 19.0. The lowest BCUT2D eigenvalue weighted by Crippen LogP contribution is -2.65. The molecule has 0 bridgehead atoms. The van der Waals surface area contributed by atoms with Crippen LogP contribution in [0.4, 0.5) is 0 Å². The van der Waals surface area contributed by atoms with Crippen LogP contribution in [-0.2, 0) is 23.7 Å². The fraction of sp³-hybridized carbons (Fsp3) is 0.678. The highest BCUT2D eigenvalue weighted by atomic mass is 16.7. The molecular formula is C59H97NO13. The molecule has 12 unspecified atom stereocenters. The zero-order valence-corrected chi connectivity index (χ0v) is 44.3. The quantitative estimate of drug-likeness (QED) is 0.0207. The lowest BCUT2D eigenvalue weighted by Gasteiger charge is -2.46. The Balaban J connectivity index is 1.70. The van der Waals surface area contributed by atoms with E-state index < -0.39 is 86.8 Å². The predicted molar refractivity (Wildman–Crippen MR) is 290 cm³/mol. The van der Waals surface area contributed by atoms with Crippen molar-refractivity contribution in [3.8, 4) is 0 Å². The maximum Gasteiger partial charge on any atom is 0.220 e. The van der Waals surface area contributed by atoms with Gasteiger partial charge in [0.05, 0.1) is 32.0 Å². The number of hydrogen-bond acceptors (Lipinski definition) is 13. The normalized spacial score (nSPS) is 26.3. The fourth-order valence-electron chi connectivity index (χ4n) is 8.29. The van der Waals surface area contributed by atoms with Crippen molar-refractivity contribution < 1.29 is 64.6 Å². The molecule has 14 nitrogen and oxygen atoms in total. The SMILES string of the molecule is CC/C=C\C/C=C\C/C=C\C/C=C\C/C=C\C/C=C\C/C=C\C/C=C\C/C=C\CCCCCC(=O)NC(COC1OC(CO)C(OC2OC(CO)C(O)C(O)C2O)C(O)C1O)C(O)CCCCCCCCCC. The zero-order chi connectivity index (χ0) is 53.2. The Kier molecular flexibility index (Phi) is 39.5. The minimum Gasteiger partial charge on any atom is -0.394 e. The Labute approximate surface area is 438 Å². The van der Waals surface area contributed by atoms with Crippen LogP contribution in [0.1, 0.15) is 162 Å². The van der Waals surface area contributed by atoms with Crippen LogP contribution in [0.15, 0.2) is 109 Å². The third-order valence-electron chi connectivity index (χ3n) is 12.8. The number of carbonyl (C=O) groups excluding carboxylic acids is 1. The summed E-state index contributed by atoms with van der Waals surface area (Å²) in [5.74, 6) is -0.248. The molecule has 0 aromatic heterocycles. The van der Waals surface area contributed by atoms with Crippen LogP contribution in [0.2, 0.25) is 0 Å². The van der Waals surface area contributed by atoms with Crippen molar-refractivity contribution in [1.82, 2.24) is 5.32 Å². The van der Waals surface area contributed by atoms with Crippen LogP contribution in [0.3, 0.4) is 0 Å². The summed E-state index contributed by atoms with van der Waals surface area (Å²) < 4.78 is 22.7. The van der Waals surface area contributed by atoms with Crippen molar-refractivity contribution in [3.63, 3.8) is 0 Å². The summed E-state index contributed by atoms with van der Waals surface area (Å²) in [7, 11) is 0. The Morgan fingerprint density at radius 1 is 0.507 bits per heavy atom. The summed E-state index contributed by atoms with van der Waals surface area (Å²) in [4.78, 5) is 13.2. The van der Waals surface area contributed by atoms with E-state index in [1.807, 2.05) is 0 Å². The van der Waals surface area contributed by atoms with E-state index in [0.717, 1.165) is 103 Å². The molecule has 1 amide bonds. The number of ether oxygens (including phenoxy) is 4. The van der Waals surface area contributed by atoms with Crippen molar-refractivity contribution in [1.29, 1.82) is 0 Å². The molecule has 2 heterocycles. The fourth-order valence-corrected chi connectivity index (χ4v) is 8.29. The van der Waals surface area contributed by atoms with Crippen LogP contribution in [0.25, 0.3) is 0 Å². The van der Waals surface area contributed by atoms with E-state index >= 15 is 0 Å². The highest BCUT2D eigenvalue weighted by Crippen LogP contribution is 2.30. The first-order valence-electron chi connectivity index (χ1n) is 27.6. The van der Waals surface area contributed by atoms with Gasteiger partial charge in [-0.2, -0.15) is 0 Å². The molecular weight excluding hydrogens is 931 g/mol. The van der Waals surface area contributed by atoms with Gasteiger partial charge < -0.3 is 65.1 Å². The largest absolute Gasteiger partial charge is 0.394 e. The first kappa shape index (κ1) is 65.8. The van der Waals surface area contributed by atoms with E-state index in [-0.39, 0.29) is 18.9 Å². The second kappa shape index (κ2) is 43.8. The lowest BCUT2D eigenvalue weighted by atomic mass is 9.97. The molecule has 2 aliphatic heterocycles. The van der Waals surface area contributed by atoms with Crippen molar-refractivity contribution in [2.24, 2.45) is 0 Å². The Morgan fingerprint density at radius 3 is 1.44 bits per heavy atom. The van der Waals surface area contributed by atoms with E-state index in [1.165, 1.54) is 25.7 Å². The molecule has 2 saturated heterocycles. The average Bonchev–Trinajstić information content (AvgIpc) is 3.39. The van der Waals surface area contributed by atoms with Gasteiger partial charge in [0.25, 0.3) is 0 Å². The summed E-state index contributed by atoms with van der Waals surface area (Å²) in [6.07, 6.45) is 44.0. The Hall–Kier alpha value is -3.35. The number of allylic oxidation sites excluding steroid dienone is 18. The van der Waals surface area contributed by atoms with Gasteiger partial charge in [0.15, 0.2) is 12.6 Å². The van der Waals surface area contributed by atoms with Gasteiger partial charge in [0.2, 0.25) is 5.91 Å². The molecule has 9 N–H and O–H groups in total. The molecule has 2 fully saturated rings. The minimum absolute atomic E-state index is 0.248.